The summed E-state index contributed by atoms with van der Waals surface area (Å²) < 4.78 is 19.2. The number of hydrogen-bond acceptors (Lipinski definition) is 3. The van der Waals surface area contributed by atoms with Gasteiger partial charge in [-0.1, -0.05) is 12.1 Å². The number of ether oxygens (including phenoxy) is 1. The summed E-state index contributed by atoms with van der Waals surface area (Å²) in [5, 5.41) is 3.06. The molecule has 0 radical (unpaired) electrons. The Morgan fingerprint density at radius 2 is 2.05 bits per heavy atom. The van der Waals surface area contributed by atoms with Gasteiger partial charge in [-0.3, -0.25) is 0 Å². The molecule has 19 heavy (non-hydrogen) atoms. The third-order valence-corrected chi connectivity index (χ3v) is 2.80. The zero-order valence-corrected chi connectivity index (χ0v) is 11.0. The van der Waals surface area contributed by atoms with Crippen LogP contribution in [0.15, 0.2) is 36.4 Å². The highest BCUT2D eigenvalue weighted by Gasteiger charge is 2.07. The van der Waals surface area contributed by atoms with E-state index in [1.165, 1.54) is 6.07 Å². The molecule has 0 heterocycles. The van der Waals surface area contributed by atoms with Crippen LogP contribution in [0.3, 0.4) is 0 Å². The van der Waals surface area contributed by atoms with E-state index in [9.17, 15) is 4.39 Å². The van der Waals surface area contributed by atoms with Crippen molar-refractivity contribution in [1.82, 2.24) is 0 Å². The predicted octanol–water partition coefficient (Wildman–Crippen LogP) is 3.86. The van der Waals surface area contributed by atoms with Crippen molar-refractivity contribution in [3.05, 3.63) is 47.8 Å². The molecule has 0 aromatic heterocycles. The van der Waals surface area contributed by atoms with Crippen molar-refractivity contribution >= 4 is 17.1 Å². The molecule has 3 nitrogen and oxygen atoms in total. The van der Waals surface area contributed by atoms with E-state index in [0.717, 1.165) is 11.3 Å². The van der Waals surface area contributed by atoms with Crippen molar-refractivity contribution in [1.29, 1.82) is 0 Å². The molecule has 0 aliphatic heterocycles. The van der Waals surface area contributed by atoms with Gasteiger partial charge in [-0.15, -0.1) is 0 Å². The molecule has 3 N–H and O–H groups in total. The first-order valence-corrected chi connectivity index (χ1v) is 6.16. The Kier molecular flexibility index (Phi) is 3.90. The summed E-state index contributed by atoms with van der Waals surface area (Å²) in [4.78, 5) is 0. The Hall–Kier alpha value is -2.23. The van der Waals surface area contributed by atoms with Gasteiger partial charge in [0.1, 0.15) is 11.6 Å². The van der Waals surface area contributed by atoms with Crippen LogP contribution in [0.2, 0.25) is 0 Å². The Bertz CT molecular complexity index is 564. The van der Waals surface area contributed by atoms with E-state index in [4.69, 9.17) is 10.5 Å². The highest BCUT2D eigenvalue weighted by Crippen LogP contribution is 2.29. The molecule has 100 valence electrons. The molecule has 0 unspecified atom stereocenters. The number of aryl methyl sites for hydroxylation is 1. The zero-order chi connectivity index (χ0) is 13.8. The first-order valence-electron chi connectivity index (χ1n) is 6.16. The van der Waals surface area contributed by atoms with Gasteiger partial charge in [0.05, 0.1) is 18.0 Å². The topological polar surface area (TPSA) is 47.3 Å². The number of benzene rings is 2. The predicted molar refractivity (Wildman–Crippen MR) is 76.4 cm³/mol. The fourth-order valence-corrected chi connectivity index (χ4v) is 1.83. The van der Waals surface area contributed by atoms with Crippen LogP contribution < -0.4 is 15.8 Å². The standard InChI is InChI=1S/C15H17FN2O/c1-3-19-14-9-11(7-8-13(14)17)18-15-10(2)5-4-6-12(15)16/h4-9,18H,3,17H2,1-2H3. The monoisotopic (exact) mass is 260 g/mol. The van der Waals surface area contributed by atoms with Gasteiger partial charge in [0.15, 0.2) is 0 Å². The molecule has 2 aromatic rings. The number of nitrogens with one attached hydrogen (secondary N) is 1. The minimum absolute atomic E-state index is 0.283. The molecule has 0 saturated carbocycles. The SMILES string of the molecule is CCOc1cc(Nc2c(C)cccc2F)ccc1N. The number of nitrogen functional groups attached to an aromatic ring is 1. The molecule has 0 spiro atoms. The average Bonchev–Trinajstić information content (AvgIpc) is 2.38. The smallest absolute Gasteiger partial charge is 0.146 e. The van der Waals surface area contributed by atoms with E-state index < -0.39 is 0 Å². The molecular weight excluding hydrogens is 243 g/mol. The van der Waals surface area contributed by atoms with Gasteiger partial charge in [0.25, 0.3) is 0 Å². The largest absolute Gasteiger partial charge is 0.492 e. The lowest BCUT2D eigenvalue weighted by Crippen LogP contribution is -2.00. The van der Waals surface area contributed by atoms with Crippen molar-refractivity contribution in [2.45, 2.75) is 13.8 Å². The van der Waals surface area contributed by atoms with Gasteiger partial charge >= 0.3 is 0 Å². The minimum atomic E-state index is -0.283. The molecule has 0 fully saturated rings. The summed E-state index contributed by atoms with van der Waals surface area (Å²) in [5.74, 6) is 0.316. The highest BCUT2D eigenvalue weighted by atomic mass is 19.1. The maximum Gasteiger partial charge on any atom is 0.146 e. The molecule has 2 aromatic carbocycles. The van der Waals surface area contributed by atoms with Crippen molar-refractivity contribution in [3.63, 3.8) is 0 Å². The lowest BCUT2D eigenvalue weighted by atomic mass is 10.1. The van der Waals surface area contributed by atoms with Crippen LogP contribution in [0, 0.1) is 12.7 Å². The lowest BCUT2D eigenvalue weighted by molar-refractivity contribution is 0.342. The Morgan fingerprint density at radius 3 is 2.74 bits per heavy atom. The summed E-state index contributed by atoms with van der Waals surface area (Å²) in [5.41, 5.74) is 8.42. The highest BCUT2D eigenvalue weighted by molar-refractivity contribution is 5.68. The average molecular weight is 260 g/mol. The number of para-hydroxylation sites is 1. The summed E-state index contributed by atoms with van der Waals surface area (Å²) in [6, 6.07) is 10.3. The van der Waals surface area contributed by atoms with Crippen molar-refractivity contribution in [3.8, 4) is 5.75 Å². The molecule has 0 amide bonds. The van der Waals surface area contributed by atoms with E-state index in [1.807, 2.05) is 19.9 Å². The fraction of sp³-hybridized carbons (Fsp3) is 0.200. The second-order valence-corrected chi connectivity index (χ2v) is 4.24. The Labute approximate surface area is 112 Å². The van der Waals surface area contributed by atoms with Crippen molar-refractivity contribution in [2.24, 2.45) is 0 Å². The molecular formula is C15H17FN2O. The van der Waals surface area contributed by atoms with E-state index in [2.05, 4.69) is 5.32 Å². The molecule has 2 rings (SSSR count). The summed E-state index contributed by atoms with van der Waals surface area (Å²) in [6.07, 6.45) is 0. The molecule has 0 aliphatic carbocycles. The lowest BCUT2D eigenvalue weighted by Gasteiger charge is -2.13. The van der Waals surface area contributed by atoms with Crippen molar-refractivity contribution < 1.29 is 9.13 Å². The number of nitrogens with two attached hydrogens (primary N) is 1. The zero-order valence-electron chi connectivity index (χ0n) is 11.0. The van der Waals surface area contributed by atoms with E-state index in [1.54, 1.807) is 24.3 Å². The summed E-state index contributed by atoms with van der Waals surface area (Å²) in [7, 11) is 0. The van der Waals surface area contributed by atoms with E-state index in [-0.39, 0.29) is 5.82 Å². The summed E-state index contributed by atoms with van der Waals surface area (Å²) in [6.45, 7) is 4.28. The minimum Gasteiger partial charge on any atom is -0.492 e. The van der Waals surface area contributed by atoms with Crippen LogP contribution in [-0.2, 0) is 0 Å². The van der Waals surface area contributed by atoms with Gasteiger partial charge in [0.2, 0.25) is 0 Å². The first kappa shape index (κ1) is 13.2. The van der Waals surface area contributed by atoms with Crippen LogP contribution >= 0.6 is 0 Å². The van der Waals surface area contributed by atoms with Crippen LogP contribution in [0.5, 0.6) is 5.75 Å². The van der Waals surface area contributed by atoms with Gasteiger partial charge in [-0.05, 0) is 37.6 Å². The van der Waals surface area contributed by atoms with Crippen LogP contribution in [0.4, 0.5) is 21.5 Å². The maximum absolute atomic E-state index is 13.7. The van der Waals surface area contributed by atoms with E-state index >= 15 is 0 Å². The van der Waals surface area contributed by atoms with Gasteiger partial charge < -0.3 is 15.8 Å². The molecule has 0 bridgehead atoms. The van der Waals surface area contributed by atoms with Gasteiger partial charge in [-0.25, -0.2) is 4.39 Å². The second kappa shape index (κ2) is 5.61. The van der Waals surface area contributed by atoms with Gasteiger partial charge in [-0.2, -0.15) is 0 Å². The summed E-state index contributed by atoms with van der Waals surface area (Å²) >= 11 is 0. The van der Waals surface area contributed by atoms with Crippen LogP contribution in [0.1, 0.15) is 12.5 Å². The number of anilines is 3. The molecule has 4 heteroatoms. The Balaban J connectivity index is 2.31. The van der Waals surface area contributed by atoms with Crippen LogP contribution in [0.25, 0.3) is 0 Å². The normalized spacial score (nSPS) is 10.3. The quantitative estimate of drug-likeness (QED) is 0.821. The van der Waals surface area contributed by atoms with Crippen molar-refractivity contribution in [2.75, 3.05) is 17.7 Å². The maximum atomic E-state index is 13.7. The van der Waals surface area contributed by atoms with Gasteiger partial charge in [0, 0.05) is 11.8 Å². The molecule has 0 aliphatic rings. The number of rotatable bonds is 4. The fourth-order valence-electron chi connectivity index (χ4n) is 1.83. The third-order valence-electron chi connectivity index (χ3n) is 2.80. The first-order chi connectivity index (χ1) is 9.11. The van der Waals surface area contributed by atoms with E-state index in [0.29, 0.717) is 23.7 Å². The second-order valence-electron chi connectivity index (χ2n) is 4.24. The Morgan fingerprint density at radius 1 is 1.26 bits per heavy atom. The number of halogens is 1. The third kappa shape index (κ3) is 2.96. The number of hydrogen-bond donors (Lipinski definition) is 2. The molecule has 0 atom stereocenters. The molecule has 0 saturated heterocycles. The van der Waals surface area contributed by atoms with Crippen LogP contribution in [-0.4, -0.2) is 6.61 Å².